The first-order valence-corrected chi connectivity index (χ1v) is 5.37. The van der Waals surface area contributed by atoms with E-state index < -0.39 is 0 Å². The largest absolute Gasteiger partial charge is 0.506 e. The minimum Gasteiger partial charge on any atom is -0.506 e. The van der Waals surface area contributed by atoms with Crippen LogP contribution < -0.4 is 11.5 Å². The van der Waals surface area contributed by atoms with Crippen molar-refractivity contribution in [1.29, 1.82) is 0 Å². The molecule has 6 heteroatoms. The Morgan fingerprint density at radius 3 is 2.60 bits per heavy atom. The van der Waals surface area contributed by atoms with Gasteiger partial charge in [0.1, 0.15) is 5.75 Å². The van der Waals surface area contributed by atoms with E-state index in [4.69, 9.17) is 23.1 Å². The van der Waals surface area contributed by atoms with E-state index in [1.807, 2.05) is 0 Å². The van der Waals surface area contributed by atoms with E-state index in [1.165, 1.54) is 0 Å². The zero-order chi connectivity index (χ0) is 10.7. The van der Waals surface area contributed by atoms with Gasteiger partial charge in [0.15, 0.2) is 0 Å². The van der Waals surface area contributed by atoms with Gasteiger partial charge in [0.05, 0.1) is 9.50 Å². The van der Waals surface area contributed by atoms with E-state index in [-0.39, 0.29) is 24.2 Å². The van der Waals surface area contributed by atoms with Crippen molar-refractivity contribution in [2.24, 2.45) is 11.5 Å². The van der Waals surface area contributed by atoms with Crippen LogP contribution in [-0.2, 0) is 0 Å². The predicted molar refractivity (Wildman–Crippen MR) is 68.7 cm³/mol. The summed E-state index contributed by atoms with van der Waals surface area (Å²) in [5, 5.41) is 10.2. The molecule has 5 N–H and O–H groups in total. The summed E-state index contributed by atoms with van der Waals surface area (Å²) in [4.78, 5) is 0. The second-order valence-electron chi connectivity index (χ2n) is 2.98. The maximum absolute atomic E-state index is 9.72. The number of benzene rings is 1. The highest BCUT2D eigenvalue weighted by atomic mass is 79.9. The molecular weight excluding hydrogens is 303 g/mol. The summed E-state index contributed by atoms with van der Waals surface area (Å²) in [5.74, 6) is 0.0958. The van der Waals surface area contributed by atoms with Gasteiger partial charge in [-0.2, -0.15) is 0 Å². The lowest BCUT2D eigenvalue weighted by molar-refractivity contribution is 0.456. The lowest BCUT2D eigenvalue weighted by atomic mass is 10.0. The molecule has 0 aliphatic carbocycles. The third kappa shape index (κ3) is 3.50. The third-order valence-electron chi connectivity index (χ3n) is 1.98. The van der Waals surface area contributed by atoms with Crippen LogP contribution in [0.2, 0.25) is 5.02 Å². The predicted octanol–water partition coefficient (Wildman–Crippen LogP) is 2.58. The molecule has 0 amide bonds. The van der Waals surface area contributed by atoms with Crippen molar-refractivity contribution >= 4 is 39.9 Å². The second-order valence-corrected chi connectivity index (χ2v) is 4.18. The summed E-state index contributed by atoms with van der Waals surface area (Å²) < 4.78 is 0.476. The quantitative estimate of drug-likeness (QED) is 0.802. The fraction of sp³-hybridized carbons (Fsp3) is 0.333. The number of phenolic OH excluding ortho intramolecular Hbond substituents is 1. The number of nitrogens with two attached hydrogens (primary N) is 2. The van der Waals surface area contributed by atoms with Gasteiger partial charge in [-0.15, -0.1) is 12.4 Å². The van der Waals surface area contributed by atoms with Crippen LogP contribution in [0.5, 0.6) is 5.75 Å². The van der Waals surface area contributed by atoms with Gasteiger partial charge in [-0.05, 0) is 35.0 Å². The maximum Gasteiger partial charge on any atom is 0.136 e. The number of halogens is 3. The molecule has 0 spiro atoms. The molecule has 0 aromatic heterocycles. The van der Waals surface area contributed by atoms with Crippen LogP contribution in [0.1, 0.15) is 18.0 Å². The molecule has 1 atom stereocenters. The van der Waals surface area contributed by atoms with Crippen LogP contribution in [0, 0.1) is 0 Å². The van der Waals surface area contributed by atoms with Crippen LogP contribution in [0.3, 0.4) is 0 Å². The van der Waals surface area contributed by atoms with Gasteiger partial charge in [-0.3, -0.25) is 0 Å². The van der Waals surface area contributed by atoms with Gasteiger partial charge in [-0.1, -0.05) is 17.7 Å². The smallest absolute Gasteiger partial charge is 0.136 e. The summed E-state index contributed by atoms with van der Waals surface area (Å²) >= 11 is 8.98. The van der Waals surface area contributed by atoms with Gasteiger partial charge in [0.25, 0.3) is 0 Å². The minimum atomic E-state index is -0.256. The summed E-state index contributed by atoms with van der Waals surface area (Å²) in [7, 11) is 0. The van der Waals surface area contributed by atoms with Crippen LogP contribution in [-0.4, -0.2) is 11.7 Å². The highest BCUT2D eigenvalue weighted by Crippen LogP contribution is 2.37. The van der Waals surface area contributed by atoms with Crippen molar-refractivity contribution in [2.75, 3.05) is 6.54 Å². The van der Waals surface area contributed by atoms with Crippen LogP contribution in [0.15, 0.2) is 16.6 Å². The molecule has 15 heavy (non-hydrogen) atoms. The zero-order valence-corrected chi connectivity index (χ0v) is 11.1. The van der Waals surface area contributed by atoms with Crippen molar-refractivity contribution < 1.29 is 5.11 Å². The van der Waals surface area contributed by atoms with Gasteiger partial charge >= 0.3 is 0 Å². The Hall–Kier alpha value is -0.000000000000000111. The number of phenols is 1. The molecule has 0 fully saturated rings. The SMILES string of the molecule is Cl.NCC[C@@H](N)c1ccc(Cl)c(Br)c1O. The van der Waals surface area contributed by atoms with Crippen molar-refractivity contribution in [2.45, 2.75) is 12.5 Å². The molecule has 1 aromatic carbocycles. The Kier molecular flexibility index (Phi) is 6.55. The average molecular weight is 316 g/mol. The lowest BCUT2D eigenvalue weighted by Crippen LogP contribution is -2.15. The van der Waals surface area contributed by atoms with E-state index in [0.29, 0.717) is 28.0 Å². The van der Waals surface area contributed by atoms with Gasteiger partial charge in [-0.25, -0.2) is 0 Å². The normalized spacial score (nSPS) is 12.0. The molecule has 1 rings (SSSR count). The van der Waals surface area contributed by atoms with E-state index in [1.54, 1.807) is 12.1 Å². The zero-order valence-electron chi connectivity index (χ0n) is 7.91. The topological polar surface area (TPSA) is 72.3 Å². The van der Waals surface area contributed by atoms with Gasteiger partial charge in [0, 0.05) is 11.6 Å². The molecule has 3 nitrogen and oxygen atoms in total. The molecule has 0 radical (unpaired) electrons. The van der Waals surface area contributed by atoms with Crippen LogP contribution in [0.4, 0.5) is 0 Å². The summed E-state index contributed by atoms with van der Waals surface area (Å²) in [5.41, 5.74) is 11.9. The number of hydrogen-bond donors (Lipinski definition) is 3. The highest BCUT2D eigenvalue weighted by Gasteiger charge is 2.14. The molecule has 86 valence electrons. The number of hydrogen-bond acceptors (Lipinski definition) is 3. The Balaban J connectivity index is 0.00000196. The molecule has 0 bridgehead atoms. The van der Waals surface area contributed by atoms with Crippen molar-refractivity contribution in [3.63, 3.8) is 0 Å². The Labute approximate surface area is 108 Å². The summed E-state index contributed by atoms with van der Waals surface area (Å²) in [6.07, 6.45) is 0.627. The van der Waals surface area contributed by atoms with E-state index in [9.17, 15) is 5.11 Å². The van der Waals surface area contributed by atoms with Crippen molar-refractivity contribution in [1.82, 2.24) is 0 Å². The standard InChI is InChI=1S/C9H12BrClN2O.ClH/c10-8-6(11)2-1-5(9(8)14)7(13)3-4-12;/h1-2,7,14H,3-4,12-13H2;1H/t7-;/m1./s1. The molecule has 1 aromatic rings. The molecule has 0 unspecified atom stereocenters. The molecule has 0 saturated carbocycles. The third-order valence-corrected chi connectivity index (χ3v) is 3.32. The minimum absolute atomic E-state index is 0. The van der Waals surface area contributed by atoms with E-state index >= 15 is 0 Å². The van der Waals surface area contributed by atoms with Crippen molar-refractivity contribution in [3.8, 4) is 5.75 Å². The monoisotopic (exact) mass is 314 g/mol. The highest BCUT2D eigenvalue weighted by molar-refractivity contribution is 9.10. The summed E-state index contributed by atoms with van der Waals surface area (Å²) in [6, 6.07) is 3.15. The molecule has 0 heterocycles. The first-order chi connectivity index (χ1) is 6.57. The fourth-order valence-electron chi connectivity index (χ4n) is 1.19. The van der Waals surface area contributed by atoms with Crippen LogP contribution >= 0.6 is 39.9 Å². The van der Waals surface area contributed by atoms with Crippen LogP contribution in [0.25, 0.3) is 0 Å². The summed E-state index contributed by atoms with van der Waals surface area (Å²) in [6.45, 7) is 0.487. The van der Waals surface area contributed by atoms with Crippen molar-refractivity contribution in [3.05, 3.63) is 27.2 Å². The fourth-order valence-corrected chi connectivity index (χ4v) is 1.70. The number of aromatic hydroxyl groups is 1. The first kappa shape index (κ1) is 15.0. The second kappa shape index (κ2) is 6.55. The Bertz CT molecular complexity index is 336. The molecule has 0 aliphatic heterocycles. The van der Waals surface area contributed by atoms with Gasteiger partial charge < -0.3 is 16.6 Å². The van der Waals surface area contributed by atoms with Gasteiger partial charge in [0.2, 0.25) is 0 Å². The van der Waals surface area contributed by atoms with E-state index in [2.05, 4.69) is 15.9 Å². The maximum atomic E-state index is 9.72. The molecule has 0 aliphatic rings. The Morgan fingerprint density at radius 1 is 1.47 bits per heavy atom. The number of rotatable bonds is 3. The lowest BCUT2D eigenvalue weighted by Gasteiger charge is -2.13. The van der Waals surface area contributed by atoms with E-state index in [0.717, 1.165) is 0 Å². The average Bonchev–Trinajstić information content (AvgIpc) is 2.15. The Morgan fingerprint density at radius 2 is 2.07 bits per heavy atom. The first-order valence-electron chi connectivity index (χ1n) is 4.20. The molecule has 0 saturated heterocycles. The molecular formula is C9H13BrCl2N2O.